The number of nitrogens with zero attached hydrogens (tertiary/aromatic N) is 4. The molecule has 1 saturated heterocycles. The van der Waals surface area contributed by atoms with E-state index in [0.717, 1.165) is 31.2 Å². The van der Waals surface area contributed by atoms with Gasteiger partial charge in [0.25, 0.3) is 0 Å². The van der Waals surface area contributed by atoms with Gasteiger partial charge in [-0.2, -0.15) is 0 Å². The molecule has 0 spiro atoms. The summed E-state index contributed by atoms with van der Waals surface area (Å²) in [6.07, 6.45) is 7.52. The zero-order valence-electron chi connectivity index (χ0n) is 13.9. The fraction of sp³-hybridized carbons (Fsp3) is 0.875. The average molecular weight is 293 g/mol. The van der Waals surface area contributed by atoms with Gasteiger partial charge < -0.3 is 10.2 Å². The van der Waals surface area contributed by atoms with Crippen LogP contribution in [0.2, 0.25) is 0 Å². The van der Waals surface area contributed by atoms with Crippen LogP contribution in [-0.2, 0) is 13.1 Å². The summed E-state index contributed by atoms with van der Waals surface area (Å²) in [7, 11) is 0. The molecule has 0 aliphatic carbocycles. The van der Waals surface area contributed by atoms with Gasteiger partial charge in [-0.25, -0.2) is 0 Å². The van der Waals surface area contributed by atoms with Crippen LogP contribution in [-0.4, -0.2) is 45.6 Å². The molecule has 1 aliphatic rings. The topological polar surface area (TPSA) is 46.0 Å². The average Bonchev–Trinajstić information content (AvgIpc) is 2.80. The van der Waals surface area contributed by atoms with Crippen LogP contribution in [0.1, 0.15) is 52.1 Å². The number of hydrogen-bond acceptors (Lipinski definition) is 4. The predicted molar refractivity (Wildman–Crippen MR) is 86.1 cm³/mol. The molecule has 2 rings (SSSR count). The van der Waals surface area contributed by atoms with Crippen LogP contribution in [0.5, 0.6) is 0 Å². The van der Waals surface area contributed by atoms with Crippen LogP contribution in [0.15, 0.2) is 6.20 Å². The normalized spacial score (nSPS) is 20.9. The van der Waals surface area contributed by atoms with E-state index in [0.29, 0.717) is 6.04 Å². The molecule has 0 aromatic carbocycles. The summed E-state index contributed by atoms with van der Waals surface area (Å²) >= 11 is 0. The number of nitrogens with one attached hydrogen (secondary N) is 1. The minimum Gasteiger partial charge on any atom is -0.309 e. The molecule has 5 heteroatoms. The summed E-state index contributed by atoms with van der Waals surface area (Å²) in [6, 6.07) is 0.485. The van der Waals surface area contributed by atoms with Gasteiger partial charge in [0.05, 0.1) is 12.2 Å². The van der Waals surface area contributed by atoms with Crippen LogP contribution in [0.25, 0.3) is 0 Å². The number of aromatic nitrogens is 3. The van der Waals surface area contributed by atoms with Crippen LogP contribution in [0.3, 0.4) is 0 Å². The highest BCUT2D eigenvalue weighted by atomic mass is 15.4. The molecule has 2 heterocycles. The molecular formula is C16H31N5. The Morgan fingerprint density at radius 3 is 2.90 bits per heavy atom. The van der Waals surface area contributed by atoms with Crippen molar-refractivity contribution >= 4 is 0 Å². The summed E-state index contributed by atoms with van der Waals surface area (Å²) in [5.41, 5.74) is 1.03. The molecule has 5 nitrogen and oxygen atoms in total. The van der Waals surface area contributed by atoms with Crippen molar-refractivity contribution in [1.29, 1.82) is 0 Å². The second-order valence-electron chi connectivity index (χ2n) is 6.56. The van der Waals surface area contributed by atoms with Crippen LogP contribution in [0.4, 0.5) is 0 Å². The maximum Gasteiger partial charge on any atom is 0.0964 e. The molecule has 0 amide bonds. The Bertz CT molecular complexity index is 401. The van der Waals surface area contributed by atoms with Crippen molar-refractivity contribution in [2.45, 2.75) is 65.6 Å². The van der Waals surface area contributed by atoms with Crippen LogP contribution in [0, 0.1) is 5.92 Å². The zero-order chi connectivity index (χ0) is 15.1. The molecule has 0 radical (unpaired) electrons. The van der Waals surface area contributed by atoms with Crippen LogP contribution >= 0.6 is 0 Å². The molecule has 1 atom stereocenters. The first kappa shape index (κ1) is 16.4. The number of rotatable bonds is 7. The van der Waals surface area contributed by atoms with Crippen molar-refractivity contribution in [3.8, 4) is 0 Å². The monoisotopic (exact) mass is 293 g/mol. The SMILES string of the molecule is CCC1CCCN(CCn2cc(CNC(C)C)nn2)CC1. The summed E-state index contributed by atoms with van der Waals surface area (Å²) in [5.74, 6) is 0.940. The predicted octanol–water partition coefficient (Wildman–Crippen LogP) is 2.29. The van der Waals surface area contributed by atoms with Crippen molar-refractivity contribution in [2.75, 3.05) is 19.6 Å². The van der Waals surface area contributed by atoms with Gasteiger partial charge >= 0.3 is 0 Å². The van der Waals surface area contributed by atoms with E-state index in [9.17, 15) is 0 Å². The lowest BCUT2D eigenvalue weighted by Gasteiger charge is -2.19. The van der Waals surface area contributed by atoms with Gasteiger partial charge in [0.1, 0.15) is 0 Å². The Balaban J connectivity index is 1.72. The lowest BCUT2D eigenvalue weighted by atomic mass is 9.98. The summed E-state index contributed by atoms with van der Waals surface area (Å²) in [6.45, 7) is 12.0. The summed E-state index contributed by atoms with van der Waals surface area (Å²) in [4.78, 5) is 2.59. The van der Waals surface area contributed by atoms with Crippen molar-refractivity contribution in [3.05, 3.63) is 11.9 Å². The minimum absolute atomic E-state index is 0.485. The molecule has 1 aromatic heterocycles. The largest absolute Gasteiger partial charge is 0.309 e. The van der Waals surface area contributed by atoms with Gasteiger partial charge in [0, 0.05) is 25.3 Å². The molecule has 1 fully saturated rings. The van der Waals surface area contributed by atoms with Crippen molar-refractivity contribution in [1.82, 2.24) is 25.2 Å². The molecule has 120 valence electrons. The maximum atomic E-state index is 4.23. The summed E-state index contributed by atoms with van der Waals surface area (Å²) < 4.78 is 1.99. The molecular weight excluding hydrogens is 262 g/mol. The summed E-state index contributed by atoms with van der Waals surface area (Å²) in [5, 5.41) is 11.8. The van der Waals surface area contributed by atoms with E-state index in [1.165, 1.54) is 38.8 Å². The fourth-order valence-electron chi connectivity index (χ4n) is 2.94. The first-order valence-corrected chi connectivity index (χ1v) is 8.52. The van der Waals surface area contributed by atoms with E-state index < -0.39 is 0 Å². The Kier molecular flexibility index (Phi) is 6.64. The molecule has 21 heavy (non-hydrogen) atoms. The van der Waals surface area contributed by atoms with E-state index in [1.807, 2.05) is 4.68 Å². The van der Waals surface area contributed by atoms with E-state index in [4.69, 9.17) is 0 Å². The lowest BCUT2D eigenvalue weighted by molar-refractivity contribution is 0.263. The lowest BCUT2D eigenvalue weighted by Crippen LogP contribution is -2.28. The molecule has 0 bridgehead atoms. The van der Waals surface area contributed by atoms with Gasteiger partial charge in [-0.05, 0) is 38.3 Å². The van der Waals surface area contributed by atoms with Crippen LogP contribution < -0.4 is 5.32 Å². The minimum atomic E-state index is 0.485. The Labute approximate surface area is 129 Å². The molecule has 0 saturated carbocycles. The first-order chi connectivity index (χ1) is 10.2. The highest BCUT2D eigenvalue weighted by Gasteiger charge is 2.15. The van der Waals surface area contributed by atoms with Gasteiger partial charge in [-0.15, -0.1) is 5.10 Å². The molecule has 1 N–H and O–H groups in total. The maximum absolute atomic E-state index is 4.23. The number of hydrogen-bond donors (Lipinski definition) is 1. The molecule has 1 aromatic rings. The third kappa shape index (κ3) is 5.75. The van der Waals surface area contributed by atoms with Gasteiger partial charge in [0.15, 0.2) is 0 Å². The van der Waals surface area contributed by atoms with Gasteiger partial charge in [-0.3, -0.25) is 4.68 Å². The fourth-order valence-corrected chi connectivity index (χ4v) is 2.94. The highest BCUT2D eigenvalue weighted by Crippen LogP contribution is 2.19. The second-order valence-corrected chi connectivity index (χ2v) is 6.56. The van der Waals surface area contributed by atoms with Crippen molar-refractivity contribution in [2.24, 2.45) is 5.92 Å². The Hall–Kier alpha value is -0.940. The van der Waals surface area contributed by atoms with Crippen molar-refractivity contribution in [3.63, 3.8) is 0 Å². The zero-order valence-corrected chi connectivity index (χ0v) is 13.9. The Morgan fingerprint density at radius 1 is 1.29 bits per heavy atom. The molecule has 1 unspecified atom stereocenters. The standard InChI is InChI=1S/C16H31N5/c1-4-15-6-5-8-20(9-7-15)10-11-21-13-16(18-19-21)12-17-14(2)3/h13-15,17H,4-12H2,1-3H3. The number of likely N-dealkylation sites (tertiary alicyclic amines) is 1. The quantitative estimate of drug-likeness (QED) is 0.838. The highest BCUT2D eigenvalue weighted by molar-refractivity contribution is 4.91. The van der Waals surface area contributed by atoms with Gasteiger partial charge in [0.2, 0.25) is 0 Å². The second kappa shape index (κ2) is 8.49. The first-order valence-electron chi connectivity index (χ1n) is 8.52. The van der Waals surface area contributed by atoms with E-state index in [2.05, 4.69) is 47.5 Å². The smallest absolute Gasteiger partial charge is 0.0964 e. The molecule has 1 aliphatic heterocycles. The van der Waals surface area contributed by atoms with Crippen molar-refractivity contribution < 1.29 is 0 Å². The third-order valence-electron chi connectivity index (χ3n) is 4.44. The van der Waals surface area contributed by atoms with E-state index >= 15 is 0 Å². The van der Waals surface area contributed by atoms with E-state index in [-0.39, 0.29) is 0 Å². The third-order valence-corrected chi connectivity index (χ3v) is 4.44. The Morgan fingerprint density at radius 2 is 2.14 bits per heavy atom. The van der Waals surface area contributed by atoms with Gasteiger partial charge in [-0.1, -0.05) is 32.4 Å². The van der Waals surface area contributed by atoms with E-state index in [1.54, 1.807) is 0 Å².